The van der Waals surface area contributed by atoms with Crippen LogP contribution in [0.25, 0.3) is 22.5 Å². The van der Waals surface area contributed by atoms with Crippen molar-refractivity contribution in [3.8, 4) is 22.5 Å². The Morgan fingerprint density at radius 3 is 2.36 bits per heavy atom. The standard InChI is InChI=1S/C28H32N6O5/c1-5-8-23-29-25(28(3,4)38)24(27(37)39-16-22(36)17(2)35)34(23)15-18-11-13-19(14-12-18)20-9-6-7-10-21(20)26-30-32-33-31-26/h6-7,9-14,35-36,38H,5,8,15-16H2,1-4H3,(H,30,31,32,33). The average Bonchev–Trinajstić information content (AvgIpc) is 3.57. The zero-order valence-corrected chi connectivity index (χ0v) is 22.3. The van der Waals surface area contributed by atoms with Crippen LogP contribution in [0.2, 0.25) is 0 Å². The fraction of sp³-hybridized carbons (Fsp3) is 0.321. The van der Waals surface area contributed by atoms with Gasteiger partial charge in [0.1, 0.15) is 22.9 Å². The number of aryl methyl sites for hydroxylation is 1. The number of carbonyl (C=O) groups is 1. The van der Waals surface area contributed by atoms with Crippen molar-refractivity contribution in [2.75, 3.05) is 6.61 Å². The number of aromatic amines is 1. The van der Waals surface area contributed by atoms with Crippen LogP contribution in [0.3, 0.4) is 0 Å². The number of rotatable bonds is 10. The number of ether oxygens (including phenoxy) is 1. The van der Waals surface area contributed by atoms with Gasteiger partial charge in [0, 0.05) is 18.5 Å². The number of hydrogen-bond donors (Lipinski definition) is 4. The van der Waals surface area contributed by atoms with E-state index in [1.807, 2.05) is 55.5 Å². The van der Waals surface area contributed by atoms with Crippen LogP contribution >= 0.6 is 0 Å². The number of carbonyl (C=O) groups excluding carboxylic acids is 1. The molecule has 0 saturated carbocycles. The first-order chi connectivity index (χ1) is 18.6. The molecule has 204 valence electrons. The first-order valence-corrected chi connectivity index (χ1v) is 12.6. The molecule has 2 aromatic heterocycles. The Kier molecular flexibility index (Phi) is 8.10. The van der Waals surface area contributed by atoms with Gasteiger partial charge in [0.25, 0.3) is 0 Å². The Labute approximate surface area is 225 Å². The number of imidazole rings is 1. The summed E-state index contributed by atoms with van der Waals surface area (Å²) < 4.78 is 7.03. The first-order valence-electron chi connectivity index (χ1n) is 12.6. The molecular weight excluding hydrogens is 500 g/mol. The van der Waals surface area contributed by atoms with Crippen molar-refractivity contribution < 1.29 is 24.9 Å². The van der Waals surface area contributed by atoms with E-state index in [4.69, 9.17) is 4.74 Å². The fourth-order valence-corrected chi connectivity index (χ4v) is 4.20. The third-order valence-electron chi connectivity index (χ3n) is 6.17. The maximum absolute atomic E-state index is 13.2. The van der Waals surface area contributed by atoms with Crippen LogP contribution < -0.4 is 0 Å². The van der Waals surface area contributed by atoms with Gasteiger partial charge in [-0.3, -0.25) is 0 Å². The molecule has 4 rings (SSSR count). The number of benzene rings is 2. The lowest BCUT2D eigenvalue weighted by Crippen LogP contribution is -2.24. The largest absolute Gasteiger partial charge is 0.509 e. The lowest BCUT2D eigenvalue weighted by molar-refractivity contribution is 0.0440. The van der Waals surface area contributed by atoms with Gasteiger partial charge >= 0.3 is 5.97 Å². The van der Waals surface area contributed by atoms with Crippen LogP contribution in [0, 0.1) is 0 Å². The highest BCUT2D eigenvalue weighted by Gasteiger charge is 2.32. The van der Waals surface area contributed by atoms with Crippen molar-refractivity contribution in [3.63, 3.8) is 0 Å². The molecule has 0 fully saturated rings. The zero-order valence-electron chi connectivity index (χ0n) is 22.3. The highest BCUT2D eigenvalue weighted by Crippen LogP contribution is 2.31. The minimum absolute atomic E-state index is 0.0980. The van der Waals surface area contributed by atoms with Crippen molar-refractivity contribution in [2.45, 2.75) is 52.7 Å². The number of tetrazole rings is 1. The van der Waals surface area contributed by atoms with Gasteiger partial charge in [0.05, 0.1) is 0 Å². The van der Waals surface area contributed by atoms with Crippen molar-refractivity contribution in [1.82, 2.24) is 30.2 Å². The molecule has 2 aromatic carbocycles. The fourth-order valence-electron chi connectivity index (χ4n) is 4.20. The molecule has 4 N–H and O–H groups in total. The highest BCUT2D eigenvalue weighted by molar-refractivity contribution is 5.89. The summed E-state index contributed by atoms with van der Waals surface area (Å²) in [6.07, 6.45) is 1.35. The Morgan fingerprint density at radius 2 is 1.77 bits per heavy atom. The molecule has 0 aliphatic carbocycles. The third-order valence-corrected chi connectivity index (χ3v) is 6.17. The summed E-state index contributed by atoms with van der Waals surface area (Å²) >= 11 is 0. The molecule has 0 unspecified atom stereocenters. The van der Waals surface area contributed by atoms with E-state index < -0.39 is 23.9 Å². The number of aliphatic hydroxyl groups excluding tert-OH is 2. The molecular formula is C28H32N6O5. The Morgan fingerprint density at radius 1 is 1.08 bits per heavy atom. The highest BCUT2D eigenvalue weighted by atomic mass is 16.5. The van der Waals surface area contributed by atoms with E-state index in [9.17, 15) is 20.1 Å². The van der Waals surface area contributed by atoms with Crippen LogP contribution in [0.5, 0.6) is 0 Å². The maximum atomic E-state index is 13.2. The second-order valence-corrected chi connectivity index (χ2v) is 9.71. The van der Waals surface area contributed by atoms with E-state index >= 15 is 0 Å². The molecule has 4 aromatic rings. The van der Waals surface area contributed by atoms with Gasteiger partial charge < -0.3 is 24.6 Å². The van der Waals surface area contributed by atoms with Gasteiger partial charge in [0.15, 0.2) is 18.1 Å². The topological polar surface area (TPSA) is 159 Å². The van der Waals surface area contributed by atoms with E-state index in [0.29, 0.717) is 24.6 Å². The van der Waals surface area contributed by atoms with Crippen LogP contribution in [0.4, 0.5) is 0 Å². The molecule has 0 amide bonds. The molecule has 2 heterocycles. The van der Waals surface area contributed by atoms with Gasteiger partial charge in [-0.25, -0.2) is 9.78 Å². The monoisotopic (exact) mass is 532 g/mol. The summed E-state index contributed by atoms with van der Waals surface area (Å²) in [5, 5.41) is 44.4. The molecule has 0 spiro atoms. The lowest BCUT2D eigenvalue weighted by atomic mass is 9.98. The van der Waals surface area contributed by atoms with Crippen LogP contribution in [0.15, 0.2) is 60.0 Å². The van der Waals surface area contributed by atoms with E-state index in [1.165, 1.54) is 6.92 Å². The minimum atomic E-state index is -1.42. The Hall–Kier alpha value is -4.51. The van der Waals surface area contributed by atoms with Crippen molar-refractivity contribution in [2.24, 2.45) is 0 Å². The van der Waals surface area contributed by atoms with Gasteiger partial charge in [-0.05, 0) is 49.1 Å². The summed E-state index contributed by atoms with van der Waals surface area (Å²) in [5.74, 6) is -0.431. The number of allylic oxidation sites excluding steroid dienone is 1. The summed E-state index contributed by atoms with van der Waals surface area (Å²) in [7, 11) is 0. The number of aliphatic hydroxyl groups is 3. The SMILES string of the molecule is CCCc1nc(C(C)(C)O)c(C(=O)OCC(O)=C(C)O)n1Cc1ccc(-c2ccccc2-c2nn[nH]n2)cc1. The minimum Gasteiger partial charge on any atom is -0.509 e. The first kappa shape index (κ1) is 27.5. The Balaban J connectivity index is 1.70. The predicted octanol–water partition coefficient (Wildman–Crippen LogP) is 4.46. The van der Waals surface area contributed by atoms with E-state index in [0.717, 1.165) is 28.7 Å². The second kappa shape index (κ2) is 11.5. The van der Waals surface area contributed by atoms with Gasteiger partial charge in [-0.1, -0.05) is 55.5 Å². The van der Waals surface area contributed by atoms with Crippen LogP contribution in [-0.2, 0) is 23.3 Å². The third kappa shape index (κ3) is 6.15. The van der Waals surface area contributed by atoms with E-state index in [-0.39, 0.29) is 17.1 Å². The zero-order chi connectivity index (χ0) is 28.2. The summed E-state index contributed by atoms with van der Waals surface area (Å²) in [6.45, 7) is 6.20. The number of nitrogens with zero attached hydrogens (tertiary/aromatic N) is 5. The molecule has 0 saturated heterocycles. The number of nitrogens with one attached hydrogen (secondary N) is 1. The molecule has 39 heavy (non-hydrogen) atoms. The summed E-state index contributed by atoms with van der Waals surface area (Å²) in [5.41, 5.74) is 2.50. The van der Waals surface area contributed by atoms with Gasteiger partial charge in [-0.2, -0.15) is 5.21 Å². The molecule has 0 aliphatic heterocycles. The average molecular weight is 533 g/mol. The number of aromatic nitrogens is 6. The van der Waals surface area contributed by atoms with Crippen molar-refractivity contribution in [3.05, 3.63) is 82.8 Å². The Bertz CT molecular complexity index is 1460. The second-order valence-electron chi connectivity index (χ2n) is 9.71. The smallest absolute Gasteiger partial charge is 0.357 e. The number of H-pyrrole nitrogens is 1. The lowest BCUT2D eigenvalue weighted by Gasteiger charge is -2.18. The van der Waals surface area contributed by atoms with Crippen molar-refractivity contribution in [1.29, 1.82) is 0 Å². The van der Waals surface area contributed by atoms with Gasteiger partial charge in [0.2, 0.25) is 5.82 Å². The molecule has 0 radical (unpaired) electrons. The molecule has 11 nitrogen and oxygen atoms in total. The maximum Gasteiger partial charge on any atom is 0.357 e. The molecule has 0 bridgehead atoms. The van der Waals surface area contributed by atoms with Gasteiger partial charge in [-0.15, -0.1) is 10.2 Å². The predicted molar refractivity (Wildman–Crippen MR) is 144 cm³/mol. The van der Waals surface area contributed by atoms with E-state index in [2.05, 4.69) is 25.6 Å². The molecule has 0 atom stereocenters. The molecule has 0 aliphatic rings. The van der Waals surface area contributed by atoms with Crippen LogP contribution in [0.1, 0.15) is 61.7 Å². The van der Waals surface area contributed by atoms with Crippen molar-refractivity contribution >= 4 is 5.97 Å². The normalized spacial score (nSPS) is 12.3. The quantitative estimate of drug-likeness (QED) is 0.171. The van der Waals surface area contributed by atoms with E-state index in [1.54, 1.807) is 18.4 Å². The number of hydrogen-bond acceptors (Lipinski definition) is 9. The molecule has 11 heteroatoms. The number of esters is 1. The van der Waals surface area contributed by atoms with Crippen LogP contribution in [-0.4, -0.2) is 58.1 Å². The summed E-state index contributed by atoms with van der Waals surface area (Å²) in [4.78, 5) is 17.8. The summed E-state index contributed by atoms with van der Waals surface area (Å²) in [6, 6.07) is 15.6.